The number of allylic oxidation sites excluding steroid dienone is 8. The van der Waals surface area contributed by atoms with Gasteiger partial charge in [-0.3, -0.25) is 4.79 Å². The van der Waals surface area contributed by atoms with Crippen LogP contribution < -0.4 is 0 Å². The van der Waals surface area contributed by atoms with Gasteiger partial charge in [-0.1, -0.05) is 47.6 Å². The summed E-state index contributed by atoms with van der Waals surface area (Å²) in [7, 11) is 0. The fourth-order valence-corrected chi connectivity index (χ4v) is 6.39. The molecular weight excluding hydrogens is 440 g/mol. The van der Waals surface area contributed by atoms with Crippen LogP contribution in [-0.2, 0) is 4.79 Å². The van der Waals surface area contributed by atoms with Crippen LogP contribution in [0.15, 0.2) is 58.7 Å². The molecule has 0 radical (unpaired) electrons. The molecule has 2 saturated carbocycles. The quantitative estimate of drug-likeness (QED) is 0.143. The first-order valence-electron chi connectivity index (χ1n) is 13.0. The highest BCUT2D eigenvalue weighted by atomic mass is 16.3. The first-order valence-corrected chi connectivity index (χ1v) is 13.0. The maximum Gasteiger partial charge on any atom is 0.145 e. The zero-order valence-electron chi connectivity index (χ0n) is 22.1. The lowest BCUT2D eigenvalue weighted by Gasteiger charge is -2.55. The summed E-state index contributed by atoms with van der Waals surface area (Å²) in [6.45, 7) is 11.7. The van der Waals surface area contributed by atoms with Crippen LogP contribution in [0.4, 0.5) is 0 Å². The Bertz CT molecular complexity index is 871. The monoisotopic (exact) mass is 486 g/mol. The van der Waals surface area contributed by atoms with E-state index in [0.29, 0.717) is 44.1 Å². The van der Waals surface area contributed by atoms with Crippen molar-refractivity contribution in [3.63, 3.8) is 0 Å². The second-order valence-electron chi connectivity index (χ2n) is 10.9. The van der Waals surface area contributed by atoms with E-state index in [-0.39, 0.29) is 25.0 Å². The normalized spacial score (nSPS) is 32.8. The van der Waals surface area contributed by atoms with Crippen molar-refractivity contribution in [1.82, 2.24) is 0 Å². The van der Waals surface area contributed by atoms with E-state index in [4.69, 9.17) is 0 Å². The highest BCUT2D eigenvalue weighted by Gasteiger charge is 2.63. The van der Waals surface area contributed by atoms with Gasteiger partial charge in [-0.25, -0.2) is 0 Å². The second-order valence-corrected chi connectivity index (χ2v) is 10.9. The molecule has 1 spiro atoms. The zero-order chi connectivity index (χ0) is 26.2. The van der Waals surface area contributed by atoms with Crippen molar-refractivity contribution in [3.8, 4) is 0 Å². The van der Waals surface area contributed by atoms with E-state index < -0.39 is 17.1 Å². The molecule has 0 amide bonds. The molecule has 5 nitrogen and oxygen atoms in total. The predicted molar refractivity (Wildman–Crippen MR) is 142 cm³/mol. The summed E-state index contributed by atoms with van der Waals surface area (Å²) in [6, 6.07) is 0. The van der Waals surface area contributed by atoms with Crippen molar-refractivity contribution in [2.45, 2.75) is 90.8 Å². The third-order valence-corrected chi connectivity index (χ3v) is 8.36. The standard InChI is InChI=1S/C30H46O5/c1-21(2)9-6-10-22(3)11-7-12-24(20-33)26-15-17-30(28(26)34)27(13-8-18-31)25(23(4)19-32)14-16-29(30,5)35/h7,9,11-12,19,26-28,31,33-35H,3,6,8,10,13-18,20H2,1-2,4-5H3/b11-7+,24-12-,25-23-/t26-,27+,28+,29-,30-/m0/s1. The number of carbonyl (C=O) groups excluding carboxylic acids is 1. The summed E-state index contributed by atoms with van der Waals surface area (Å²) in [6.07, 6.45) is 13.1. The van der Waals surface area contributed by atoms with Crippen LogP contribution in [0.25, 0.3) is 0 Å². The van der Waals surface area contributed by atoms with E-state index in [9.17, 15) is 25.2 Å². The largest absolute Gasteiger partial charge is 0.396 e. The summed E-state index contributed by atoms with van der Waals surface area (Å²) in [5.41, 5.74) is 2.71. The van der Waals surface area contributed by atoms with Crippen molar-refractivity contribution in [1.29, 1.82) is 0 Å². The minimum atomic E-state index is -1.12. The predicted octanol–water partition coefficient (Wildman–Crippen LogP) is 4.97. The van der Waals surface area contributed by atoms with E-state index in [0.717, 1.165) is 35.8 Å². The van der Waals surface area contributed by atoms with Crippen LogP contribution in [0.2, 0.25) is 0 Å². The molecule has 196 valence electrons. The van der Waals surface area contributed by atoms with Crippen LogP contribution in [0.1, 0.15) is 79.1 Å². The van der Waals surface area contributed by atoms with Gasteiger partial charge in [0.2, 0.25) is 0 Å². The average Bonchev–Trinajstić information content (AvgIpc) is 3.15. The molecule has 0 aromatic rings. The van der Waals surface area contributed by atoms with Crippen LogP contribution in [0.3, 0.4) is 0 Å². The summed E-state index contributed by atoms with van der Waals surface area (Å²) < 4.78 is 0. The first-order chi connectivity index (χ1) is 16.6. The molecule has 0 aliphatic heterocycles. The second kappa shape index (κ2) is 13.0. The third kappa shape index (κ3) is 6.51. The zero-order valence-corrected chi connectivity index (χ0v) is 22.1. The molecule has 2 aliphatic rings. The van der Waals surface area contributed by atoms with Gasteiger partial charge in [-0.05, 0) is 96.1 Å². The molecule has 4 N–H and O–H groups in total. The topological polar surface area (TPSA) is 98.0 Å². The Kier molecular flexibility index (Phi) is 10.9. The Morgan fingerprint density at radius 3 is 2.51 bits per heavy atom. The summed E-state index contributed by atoms with van der Waals surface area (Å²) in [5.74, 6) is -0.489. The highest BCUT2D eigenvalue weighted by molar-refractivity contribution is 5.74. The molecular formula is C30H46O5. The minimum Gasteiger partial charge on any atom is -0.396 e. The van der Waals surface area contributed by atoms with E-state index in [1.165, 1.54) is 5.57 Å². The van der Waals surface area contributed by atoms with Crippen molar-refractivity contribution in [2.75, 3.05) is 13.2 Å². The molecule has 0 aromatic carbocycles. The van der Waals surface area contributed by atoms with Crippen LogP contribution in [-0.4, -0.2) is 51.6 Å². The lowest BCUT2D eigenvalue weighted by molar-refractivity contribution is -0.167. The molecule has 2 rings (SSSR count). The fraction of sp³-hybridized carbons (Fsp3) is 0.633. The molecule has 0 saturated heterocycles. The van der Waals surface area contributed by atoms with E-state index in [1.54, 1.807) is 13.8 Å². The maximum absolute atomic E-state index is 11.8. The molecule has 0 bridgehead atoms. The number of rotatable bonds is 11. The smallest absolute Gasteiger partial charge is 0.145 e. The lowest BCUT2D eigenvalue weighted by Crippen LogP contribution is -2.59. The van der Waals surface area contributed by atoms with Gasteiger partial charge in [0, 0.05) is 17.9 Å². The maximum atomic E-state index is 11.8. The molecule has 35 heavy (non-hydrogen) atoms. The van der Waals surface area contributed by atoms with Crippen molar-refractivity contribution < 1.29 is 25.2 Å². The number of aldehydes is 1. The highest BCUT2D eigenvalue weighted by Crippen LogP contribution is 2.62. The number of carbonyl (C=O) groups is 1. The number of aliphatic hydroxyl groups excluding tert-OH is 3. The van der Waals surface area contributed by atoms with Crippen LogP contribution >= 0.6 is 0 Å². The van der Waals surface area contributed by atoms with Gasteiger partial charge in [-0.2, -0.15) is 0 Å². The number of aliphatic hydroxyl groups is 4. The van der Waals surface area contributed by atoms with E-state index in [2.05, 4.69) is 26.5 Å². The molecule has 0 heterocycles. The van der Waals surface area contributed by atoms with Gasteiger partial charge < -0.3 is 20.4 Å². The minimum absolute atomic E-state index is 0.0196. The molecule has 5 heteroatoms. The van der Waals surface area contributed by atoms with Gasteiger partial charge in [0.05, 0.1) is 18.3 Å². The van der Waals surface area contributed by atoms with Gasteiger partial charge in [-0.15, -0.1) is 0 Å². The first kappa shape index (κ1) is 29.4. The van der Waals surface area contributed by atoms with Crippen molar-refractivity contribution >= 4 is 6.29 Å². The molecule has 0 aromatic heterocycles. The van der Waals surface area contributed by atoms with Gasteiger partial charge >= 0.3 is 0 Å². The summed E-state index contributed by atoms with van der Waals surface area (Å²) >= 11 is 0. The molecule has 2 aliphatic carbocycles. The van der Waals surface area contributed by atoms with Crippen LogP contribution in [0.5, 0.6) is 0 Å². The Morgan fingerprint density at radius 1 is 1.20 bits per heavy atom. The van der Waals surface area contributed by atoms with Crippen molar-refractivity contribution in [2.24, 2.45) is 17.3 Å². The van der Waals surface area contributed by atoms with Gasteiger partial charge in [0.15, 0.2) is 0 Å². The lowest BCUT2D eigenvalue weighted by atomic mass is 9.52. The average molecular weight is 487 g/mol. The molecule has 5 atom stereocenters. The van der Waals surface area contributed by atoms with Gasteiger partial charge in [0.25, 0.3) is 0 Å². The van der Waals surface area contributed by atoms with E-state index >= 15 is 0 Å². The SMILES string of the molecule is C=C(/C=C/C=C(/CO)[C@@H]1CC[C@]2([C@H](CCCO)/C(=C(/C)C=O)CC[C@]2(C)O)[C@@H]1O)CCC=C(C)C. The third-order valence-electron chi connectivity index (χ3n) is 8.36. The molecule has 2 fully saturated rings. The number of hydrogen-bond acceptors (Lipinski definition) is 5. The number of hydrogen-bond donors (Lipinski definition) is 4. The molecule has 0 unspecified atom stereocenters. The Morgan fingerprint density at radius 2 is 1.91 bits per heavy atom. The van der Waals surface area contributed by atoms with E-state index in [1.807, 2.05) is 18.2 Å². The Balaban J connectivity index is 2.35. The summed E-state index contributed by atoms with van der Waals surface area (Å²) in [4.78, 5) is 11.7. The fourth-order valence-electron chi connectivity index (χ4n) is 6.39. The Labute approximate surface area is 211 Å². The van der Waals surface area contributed by atoms with Crippen molar-refractivity contribution in [3.05, 3.63) is 58.7 Å². The Hall–Kier alpha value is -1.79. The van der Waals surface area contributed by atoms with Crippen LogP contribution in [0, 0.1) is 17.3 Å². The van der Waals surface area contributed by atoms with Gasteiger partial charge in [0.1, 0.15) is 6.29 Å². The summed E-state index contributed by atoms with van der Waals surface area (Å²) in [5, 5.41) is 43.1.